The molecule has 0 saturated heterocycles. The first-order valence-electron chi connectivity index (χ1n) is 6.76. The standard InChI is InChI=1S/C16H19NO/c1-11-6-7-12(8-11)16(18)15-10-17-9-13-4-2-3-5-14(13)15/h2-5,9-12,16,18H,6-8H2,1H3. The SMILES string of the molecule is CC1CCC(C(O)c2cncc3ccccc23)C1. The molecule has 0 amide bonds. The van der Waals surface area contributed by atoms with Gasteiger partial charge in [0.2, 0.25) is 0 Å². The van der Waals surface area contributed by atoms with Crippen molar-refractivity contribution in [3.63, 3.8) is 0 Å². The van der Waals surface area contributed by atoms with Crippen LogP contribution in [-0.4, -0.2) is 10.1 Å². The van der Waals surface area contributed by atoms with Gasteiger partial charge < -0.3 is 5.11 Å². The molecule has 3 rings (SSSR count). The van der Waals surface area contributed by atoms with Crippen LogP contribution in [0, 0.1) is 11.8 Å². The molecule has 0 radical (unpaired) electrons. The first kappa shape index (κ1) is 11.7. The van der Waals surface area contributed by atoms with E-state index in [1.54, 1.807) is 0 Å². The molecule has 3 unspecified atom stereocenters. The Kier molecular flexibility index (Phi) is 3.04. The topological polar surface area (TPSA) is 33.1 Å². The third kappa shape index (κ3) is 2.01. The molecule has 1 heterocycles. The molecule has 18 heavy (non-hydrogen) atoms. The highest BCUT2D eigenvalue weighted by Crippen LogP contribution is 2.40. The molecule has 2 heteroatoms. The zero-order valence-electron chi connectivity index (χ0n) is 10.7. The Morgan fingerprint density at radius 1 is 1.22 bits per heavy atom. The van der Waals surface area contributed by atoms with Crippen LogP contribution in [0.2, 0.25) is 0 Å². The van der Waals surface area contributed by atoms with Crippen molar-refractivity contribution in [2.24, 2.45) is 11.8 Å². The largest absolute Gasteiger partial charge is 0.388 e. The Labute approximate surface area is 108 Å². The Morgan fingerprint density at radius 2 is 2.06 bits per heavy atom. The number of aliphatic hydroxyl groups is 1. The minimum Gasteiger partial charge on any atom is -0.388 e. The third-order valence-electron chi connectivity index (χ3n) is 4.20. The molecule has 2 aromatic rings. The van der Waals surface area contributed by atoms with Gasteiger partial charge in [0.15, 0.2) is 0 Å². The predicted octanol–water partition coefficient (Wildman–Crippen LogP) is 3.70. The average molecular weight is 241 g/mol. The van der Waals surface area contributed by atoms with Gasteiger partial charge >= 0.3 is 0 Å². The molecule has 94 valence electrons. The maximum atomic E-state index is 10.6. The minimum absolute atomic E-state index is 0.367. The summed E-state index contributed by atoms with van der Waals surface area (Å²) in [6, 6.07) is 8.16. The van der Waals surface area contributed by atoms with Crippen molar-refractivity contribution in [2.45, 2.75) is 32.3 Å². The van der Waals surface area contributed by atoms with Crippen molar-refractivity contribution in [1.29, 1.82) is 0 Å². The van der Waals surface area contributed by atoms with Crippen LogP contribution >= 0.6 is 0 Å². The minimum atomic E-state index is -0.367. The average Bonchev–Trinajstić information content (AvgIpc) is 2.84. The van der Waals surface area contributed by atoms with Gasteiger partial charge in [-0.1, -0.05) is 37.6 Å². The van der Waals surface area contributed by atoms with Crippen LogP contribution in [0.1, 0.15) is 37.9 Å². The van der Waals surface area contributed by atoms with E-state index in [0.717, 1.165) is 35.1 Å². The summed E-state index contributed by atoms with van der Waals surface area (Å²) < 4.78 is 0. The molecule has 1 aromatic heterocycles. The van der Waals surface area contributed by atoms with Gasteiger partial charge in [-0.15, -0.1) is 0 Å². The Hall–Kier alpha value is -1.41. The number of hydrogen-bond donors (Lipinski definition) is 1. The summed E-state index contributed by atoms with van der Waals surface area (Å²) in [5, 5.41) is 12.8. The van der Waals surface area contributed by atoms with E-state index in [1.807, 2.05) is 24.5 Å². The maximum Gasteiger partial charge on any atom is 0.0839 e. The Balaban J connectivity index is 1.98. The number of rotatable bonds is 2. The Bertz CT molecular complexity index is 546. The molecule has 3 atom stereocenters. The van der Waals surface area contributed by atoms with Crippen LogP contribution in [0.15, 0.2) is 36.7 Å². The van der Waals surface area contributed by atoms with Crippen molar-refractivity contribution in [2.75, 3.05) is 0 Å². The van der Waals surface area contributed by atoms with E-state index in [9.17, 15) is 5.11 Å². The summed E-state index contributed by atoms with van der Waals surface area (Å²) in [5.41, 5.74) is 0.993. The molecule has 1 N–H and O–H groups in total. The monoisotopic (exact) mass is 241 g/mol. The lowest BCUT2D eigenvalue weighted by Gasteiger charge is -2.19. The molecule has 1 aliphatic carbocycles. The van der Waals surface area contributed by atoms with Crippen LogP contribution < -0.4 is 0 Å². The summed E-state index contributed by atoms with van der Waals surface area (Å²) in [6.07, 6.45) is 6.82. The van der Waals surface area contributed by atoms with E-state index in [1.165, 1.54) is 6.42 Å². The quantitative estimate of drug-likeness (QED) is 0.869. The van der Waals surface area contributed by atoms with Crippen LogP contribution in [0.25, 0.3) is 10.8 Å². The number of pyridine rings is 1. The van der Waals surface area contributed by atoms with E-state index >= 15 is 0 Å². The lowest BCUT2D eigenvalue weighted by molar-refractivity contribution is 0.111. The summed E-state index contributed by atoms with van der Waals surface area (Å²) in [5.74, 6) is 1.14. The molecule has 0 spiro atoms. The molecular weight excluding hydrogens is 222 g/mol. The van der Waals surface area contributed by atoms with Gasteiger partial charge in [-0.2, -0.15) is 0 Å². The number of aliphatic hydroxyl groups excluding tert-OH is 1. The second-order valence-corrected chi connectivity index (χ2v) is 5.57. The van der Waals surface area contributed by atoms with Gasteiger partial charge in [0.05, 0.1) is 6.10 Å². The summed E-state index contributed by atoms with van der Waals surface area (Å²) in [7, 11) is 0. The van der Waals surface area contributed by atoms with Crippen molar-refractivity contribution in [1.82, 2.24) is 4.98 Å². The fraction of sp³-hybridized carbons (Fsp3) is 0.438. The van der Waals surface area contributed by atoms with E-state index in [2.05, 4.69) is 24.0 Å². The van der Waals surface area contributed by atoms with E-state index in [0.29, 0.717) is 5.92 Å². The molecule has 0 bridgehead atoms. The van der Waals surface area contributed by atoms with Crippen LogP contribution in [0.3, 0.4) is 0 Å². The predicted molar refractivity (Wildman–Crippen MR) is 73.2 cm³/mol. The second kappa shape index (κ2) is 4.69. The highest BCUT2D eigenvalue weighted by Gasteiger charge is 2.29. The molecule has 1 fully saturated rings. The summed E-state index contributed by atoms with van der Waals surface area (Å²) >= 11 is 0. The van der Waals surface area contributed by atoms with Crippen molar-refractivity contribution < 1.29 is 5.11 Å². The van der Waals surface area contributed by atoms with Gasteiger partial charge in [-0.25, -0.2) is 0 Å². The number of hydrogen-bond acceptors (Lipinski definition) is 2. The number of benzene rings is 1. The van der Waals surface area contributed by atoms with Gasteiger partial charge in [-0.05, 0) is 30.1 Å². The smallest absolute Gasteiger partial charge is 0.0839 e. The fourth-order valence-corrected chi connectivity index (χ4v) is 3.17. The summed E-state index contributed by atoms with van der Waals surface area (Å²) in [6.45, 7) is 2.27. The molecular formula is C16H19NO. The van der Waals surface area contributed by atoms with E-state index in [4.69, 9.17) is 0 Å². The van der Waals surface area contributed by atoms with E-state index in [-0.39, 0.29) is 6.10 Å². The van der Waals surface area contributed by atoms with Gasteiger partial charge in [0.1, 0.15) is 0 Å². The second-order valence-electron chi connectivity index (χ2n) is 5.57. The highest BCUT2D eigenvalue weighted by molar-refractivity contribution is 5.84. The van der Waals surface area contributed by atoms with Crippen molar-refractivity contribution in [3.8, 4) is 0 Å². The number of fused-ring (bicyclic) bond motifs is 1. The lowest BCUT2D eigenvalue weighted by Crippen LogP contribution is -2.10. The molecule has 1 aliphatic rings. The van der Waals surface area contributed by atoms with E-state index < -0.39 is 0 Å². The third-order valence-corrected chi connectivity index (χ3v) is 4.20. The Morgan fingerprint density at radius 3 is 2.83 bits per heavy atom. The zero-order valence-corrected chi connectivity index (χ0v) is 10.7. The lowest BCUT2D eigenvalue weighted by atomic mass is 9.92. The summed E-state index contributed by atoms with van der Waals surface area (Å²) in [4.78, 5) is 4.26. The molecule has 2 nitrogen and oxygen atoms in total. The van der Waals surface area contributed by atoms with Gasteiger partial charge in [-0.3, -0.25) is 4.98 Å². The number of aromatic nitrogens is 1. The van der Waals surface area contributed by atoms with Crippen LogP contribution in [0.5, 0.6) is 0 Å². The van der Waals surface area contributed by atoms with Crippen LogP contribution in [-0.2, 0) is 0 Å². The molecule has 1 aromatic carbocycles. The maximum absolute atomic E-state index is 10.6. The van der Waals surface area contributed by atoms with Crippen molar-refractivity contribution in [3.05, 3.63) is 42.2 Å². The first-order valence-corrected chi connectivity index (χ1v) is 6.76. The number of nitrogens with zero attached hydrogens (tertiary/aromatic N) is 1. The zero-order chi connectivity index (χ0) is 12.5. The highest BCUT2D eigenvalue weighted by atomic mass is 16.3. The van der Waals surface area contributed by atoms with Crippen molar-refractivity contribution >= 4 is 10.8 Å². The molecule has 0 aliphatic heterocycles. The molecule has 1 saturated carbocycles. The first-order chi connectivity index (χ1) is 8.75. The fourth-order valence-electron chi connectivity index (χ4n) is 3.17. The van der Waals surface area contributed by atoms with Gasteiger partial charge in [0.25, 0.3) is 0 Å². The van der Waals surface area contributed by atoms with Crippen LogP contribution in [0.4, 0.5) is 0 Å². The normalized spacial score (nSPS) is 25.4. The van der Waals surface area contributed by atoms with Gasteiger partial charge in [0, 0.05) is 23.3 Å².